The number of carbonyl (C=O) groups excluding carboxylic acids is 2. The molecule has 0 N–H and O–H groups in total. The molecule has 1 saturated heterocycles. The zero-order valence-corrected chi connectivity index (χ0v) is 13.2. The number of allylic oxidation sites excluding steroid dienone is 1. The van der Waals surface area contributed by atoms with E-state index in [4.69, 9.17) is 0 Å². The van der Waals surface area contributed by atoms with Gasteiger partial charge in [0.05, 0.1) is 14.2 Å². The first-order chi connectivity index (χ1) is 10.4. The molecule has 3 amide bonds. The molecule has 0 aliphatic carbocycles. The van der Waals surface area contributed by atoms with E-state index >= 15 is 0 Å². The second kappa shape index (κ2) is 5.30. The SMILES string of the molecule is O=C1C2=CCCCN2C(=O)N1c1cc([N+](=O)[O-])c(I)cc1F. The highest BCUT2D eigenvalue weighted by molar-refractivity contribution is 14.1. The van der Waals surface area contributed by atoms with E-state index in [-0.39, 0.29) is 15.0 Å². The van der Waals surface area contributed by atoms with E-state index in [0.29, 0.717) is 24.3 Å². The maximum atomic E-state index is 14.2. The van der Waals surface area contributed by atoms with Crippen LogP contribution < -0.4 is 4.90 Å². The molecule has 1 aromatic carbocycles. The van der Waals surface area contributed by atoms with Crippen LogP contribution in [0.4, 0.5) is 20.6 Å². The summed E-state index contributed by atoms with van der Waals surface area (Å²) in [5, 5.41) is 11.0. The number of carbonyl (C=O) groups is 2. The number of fused-ring (bicyclic) bond motifs is 1. The average molecular weight is 417 g/mol. The van der Waals surface area contributed by atoms with Crippen molar-refractivity contribution in [3.63, 3.8) is 0 Å². The molecule has 2 aliphatic heterocycles. The molecule has 2 aliphatic rings. The van der Waals surface area contributed by atoms with Gasteiger partial charge in [0, 0.05) is 12.6 Å². The van der Waals surface area contributed by atoms with Crippen LogP contribution in [0.15, 0.2) is 23.9 Å². The van der Waals surface area contributed by atoms with Crippen molar-refractivity contribution in [3.05, 3.63) is 43.4 Å². The number of hydrogen-bond donors (Lipinski definition) is 0. The molecular formula is C13H9FIN3O4. The van der Waals surface area contributed by atoms with Gasteiger partial charge in [-0.1, -0.05) is 6.08 Å². The van der Waals surface area contributed by atoms with E-state index in [1.165, 1.54) is 4.90 Å². The lowest BCUT2D eigenvalue weighted by atomic mass is 10.2. The van der Waals surface area contributed by atoms with Crippen LogP contribution in [0.3, 0.4) is 0 Å². The van der Waals surface area contributed by atoms with E-state index in [1.807, 2.05) is 0 Å². The fraction of sp³-hybridized carbons (Fsp3) is 0.231. The van der Waals surface area contributed by atoms with Crippen molar-refractivity contribution in [2.75, 3.05) is 11.4 Å². The molecule has 0 spiro atoms. The van der Waals surface area contributed by atoms with Crippen molar-refractivity contribution >= 4 is 45.9 Å². The molecule has 3 rings (SSSR count). The van der Waals surface area contributed by atoms with Crippen LogP contribution in [0.25, 0.3) is 0 Å². The Hall–Kier alpha value is -2.04. The minimum absolute atomic E-state index is 0.0971. The molecule has 114 valence electrons. The predicted octanol–water partition coefficient (Wildman–Crippen LogP) is 2.78. The van der Waals surface area contributed by atoms with Gasteiger partial charge in [-0.3, -0.25) is 19.8 Å². The molecule has 0 atom stereocenters. The highest BCUT2D eigenvalue weighted by Gasteiger charge is 2.44. The maximum Gasteiger partial charge on any atom is 0.336 e. The Morgan fingerprint density at radius 1 is 1.32 bits per heavy atom. The van der Waals surface area contributed by atoms with Crippen LogP contribution in [0.1, 0.15) is 12.8 Å². The Balaban J connectivity index is 2.12. The third-order valence-corrected chi connectivity index (χ3v) is 4.38. The number of halogens is 2. The average Bonchev–Trinajstić information content (AvgIpc) is 2.72. The number of nitro groups is 1. The summed E-state index contributed by atoms with van der Waals surface area (Å²) in [6, 6.07) is 1.19. The van der Waals surface area contributed by atoms with Crippen molar-refractivity contribution in [1.29, 1.82) is 0 Å². The van der Waals surface area contributed by atoms with E-state index in [9.17, 15) is 24.1 Å². The molecule has 0 bridgehead atoms. The Labute approximate surface area is 137 Å². The monoisotopic (exact) mass is 417 g/mol. The molecule has 0 radical (unpaired) electrons. The van der Waals surface area contributed by atoms with Crippen LogP contribution in [-0.2, 0) is 4.79 Å². The highest BCUT2D eigenvalue weighted by atomic mass is 127. The molecule has 0 aromatic heterocycles. The highest BCUT2D eigenvalue weighted by Crippen LogP contribution is 2.35. The third-order valence-electron chi connectivity index (χ3n) is 3.51. The number of nitro benzene ring substituents is 1. The van der Waals surface area contributed by atoms with E-state index in [1.54, 1.807) is 28.7 Å². The van der Waals surface area contributed by atoms with Crippen molar-refractivity contribution in [2.24, 2.45) is 0 Å². The minimum Gasteiger partial charge on any atom is -0.289 e. The first-order valence-electron chi connectivity index (χ1n) is 6.41. The fourth-order valence-corrected chi connectivity index (χ4v) is 3.12. The summed E-state index contributed by atoms with van der Waals surface area (Å²) in [4.78, 5) is 36.9. The number of amides is 3. The summed E-state index contributed by atoms with van der Waals surface area (Å²) in [5.74, 6) is -1.50. The van der Waals surface area contributed by atoms with Crippen LogP contribution in [0.5, 0.6) is 0 Å². The molecule has 22 heavy (non-hydrogen) atoms. The van der Waals surface area contributed by atoms with Crippen molar-refractivity contribution in [3.8, 4) is 0 Å². The van der Waals surface area contributed by atoms with Crippen LogP contribution in [0, 0.1) is 19.5 Å². The van der Waals surface area contributed by atoms with E-state index in [0.717, 1.165) is 12.1 Å². The van der Waals surface area contributed by atoms with Gasteiger partial charge in [0.2, 0.25) is 0 Å². The van der Waals surface area contributed by atoms with Gasteiger partial charge >= 0.3 is 6.03 Å². The molecule has 0 unspecified atom stereocenters. The summed E-state index contributed by atoms with van der Waals surface area (Å²) in [5.41, 5.74) is -0.536. The molecule has 9 heteroatoms. The Morgan fingerprint density at radius 2 is 2.05 bits per heavy atom. The van der Waals surface area contributed by atoms with Gasteiger partial charge in [-0.2, -0.15) is 0 Å². The van der Waals surface area contributed by atoms with Gasteiger partial charge < -0.3 is 0 Å². The zero-order valence-electron chi connectivity index (χ0n) is 11.1. The predicted molar refractivity (Wildman–Crippen MR) is 82.7 cm³/mol. The van der Waals surface area contributed by atoms with Gasteiger partial charge in [0.25, 0.3) is 11.6 Å². The van der Waals surface area contributed by atoms with Crippen LogP contribution >= 0.6 is 22.6 Å². The molecule has 0 saturated carbocycles. The number of nitrogens with zero attached hydrogens (tertiary/aromatic N) is 3. The number of imide groups is 1. The number of urea groups is 1. The Morgan fingerprint density at radius 3 is 2.68 bits per heavy atom. The van der Waals surface area contributed by atoms with Crippen LogP contribution in [0.2, 0.25) is 0 Å². The topological polar surface area (TPSA) is 83.8 Å². The summed E-state index contributed by atoms with van der Waals surface area (Å²) < 4.78 is 14.3. The first kappa shape index (κ1) is 14.9. The lowest BCUT2D eigenvalue weighted by Crippen LogP contribution is -2.34. The molecule has 7 nitrogen and oxygen atoms in total. The summed E-state index contributed by atoms with van der Waals surface area (Å²) in [6.45, 7) is 0.376. The smallest absolute Gasteiger partial charge is 0.289 e. The maximum absolute atomic E-state index is 14.2. The molecule has 1 aromatic rings. The Kier molecular flexibility index (Phi) is 3.59. The molecule has 2 heterocycles. The third kappa shape index (κ3) is 2.16. The number of benzene rings is 1. The second-order valence-corrected chi connectivity index (χ2v) is 5.98. The lowest BCUT2D eigenvalue weighted by molar-refractivity contribution is -0.385. The number of hydrogen-bond acceptors (Lipinski definition) is 4. The normalized spacial score (nSPS) is 17.6. The van der Waals surface area contributed by atoms with Gasteiger partial charge in [0.15, 0.2) is 0 Å². The lowest BCUT2D eigenvalue weighted by Gasteiger charge is -2.19. The summed E-state index contributed by atoms with van der Waals surface area (Å²) in [7, 11) is 0. The van der Waals surface area contributed by atoms with Crippen molar-refractivity contribution in [2.45, 2.75) is 12.8 Å². The first-order valence-corrected chi connectivity index (χ1v) is 7.49. The minimum atomic E-state index is -0.850. The van der Waals surface area contributed by atoms with Gasteiger partial charge in [-0.25, -0.2) is 14.1 Å². The van der Waals surface area contributed by atoms with Gasteiger partial charge in [0.1, 0.15) is 11.5 Å². The van der Waals surface area contributed by atoms with Crippen LogP contribution in [-0.4, -0.2) is 28.3 Å². The van der Waals surface area contributed by atoms with Gasteiger partial charge in [-0.05, 0) is 41.5 Å². The van der Waals surface area contributed by atoms with Crippen molar-refractivity contribution in [1.82, 2.24) is 4.90 Å². The largest absolute Gasteiger partial charge is 0.336 e. The number of anilines is 1. The van der Waals surface area contributed by atoms with Gasteiger partial charge in [-0.15, -0.1) is 0 Å². The quantitative estimate of drug-likeness (QED) is 0.321. The van der Waals surface area contributed by atoms with Crippen molar-refractivity contribution < 1.29 is 18.9 Å². The second-order valence-electron chi connectivity index (χ2n) is 4.82. The molecule has 1 fully saturated rings. The zero-order chi connectivity index (χ0) is 16.0. The van der Waals surface area contributed by atoms with E-state index in [2.05, 4.69) is 0 Å². The standard InChI is InChI=1S/C13H9FIN3O4/c14-7-5-8(15)11(18(21)22)6-10(7)17-12(19)9-3-1-2-4-16(9)13(17)20/h3,5-6H,1-2,4H2. The van der Waals surface area contributed by atoms with E-state index < -0.39 is 28.4 Å². The summed E-state index contributed by atoms with van der Waals surface area (Å²) >= 11 is 1.63. The fourth-order valence-electron chi connectivity index (χ4n) is 2.49. The number of rotatable bonds is 2. The summed E-state index contributed by atoms with van der Waals surface area (Å²) in [6.07, 6.45) is 3.00. The molecular weight excluding hydrogens is 408 g/mol. The Bertz CT molecular complexity index is 749.